The molecule has 0 radical (unpaired) electrons. The van der Waals surface area contributed by atoms with Crippen LogP contribution in [0, 0.1) is 0 Å². The van der Waals surface area contributed by atoms with E-state index in [2.05, 4.69) is 10.1 Å². The van der Waals surface area contributed by atoms with Crippen LogP contribution in [0.5, 0.6) is 5.75 Å². The van der Waals surface area contributed by atoms with Crippen molar-refractivity contribution in [2.45, 2.75) is 50.8 Å². The number of nitrogens with two attached hydrogens (primary N) is 1. The van der Waals surface area contributed by atoms with Gasteiger partial charge >= 0.3 is 6.55 Å². The molecule has 2 N–H and O–H groups in total. The molecule has 1 aliphatic carbocycles. The monoisotopic (exact) mass is 356 g/mol. The lowest BCUT2D eigenvalue weighted by Gasteiger charge is -2.34. The van der Waals surface area contributed by atoms with Crippen molar-refractivity contribution in [3.05, 3.63) is 29.8 Å². The van der Waals surface area contributed by atoms with Gasteiger partial charge in [0.25, 0.3) is 0 Å². The molecule has 1 aliphatic rings. The molecule has 1 saturated carbocycles. The minimum Gasteiger partial charge on any atom is -0.490 e. The van der Waals surface area contributed by atoms with Crippen molar-refractivity contribution < 1.29 is 13.5 Å². The number of alkyl halides is 2. The van der Waals surface area contributed by atoms with E-state index in [0.717, 1.165) is 25.7 Å². The molecule has 0 unspecified atom stereocenters. The van der Waals surface area contributed by atoms with Gasteiger partial charge in [-0.25, -0.2) is 9.67 Å². The van der Waals surface area contributed by atoms with Crippen LogP contribution in [0.25, 0.3) is 11.1 Å². The zero-order valence-corrected chi connectivity index (χ0v) is 14.0. The molecular weight excluding hydrogens is 338 g/mol. The number of pyridine rings is 1. The van der Waals surface area contributed by atoms with Gasteiger partial charge in [0.05, 0.1) is 12.3 Å². The van der Waals surface area contributed by atoms with Crippen LogP contribution in [0.4, 0.5) is 8.78 Å². The average molecular weight is 357 g/mol. The molecule has 2 heterocycles. The van der Waals surface area contributed by atoms with E-state index < -0.39 is 6.55 Å². The standard InChI is InChI=1S/C16H19ClF2N4O/c1-16(20)4-2-11(3-5-16)24-13-6-14(17)21-8-12(13)10-7-22-23(9-10)15(18)19/h6-9,11,15H,2-5,20H2,1H3. The molecule has 130 valence electrons. The molecule has 0 aliphatic heterocycles. The predicted octanol–water partition coefficient (Wildman–Crippen LogP) is 4.03. The summed E-state index contributed by atoms with van der Waals surface area (Å²) >= 11 is 5.97. The van der Waals surface area contributed by atoms with Crippen LogP contribution in [0.1, 0.15) is 39.2 Å². The molecule has 8 heteroatoms. The van der Waals surface area contributed by atoms with Gasteiger partial charge in [-0.1, -0.05) is 11.6 Å². The van der Waals surface area contributed by atoms with Gasteiger partial charge in [-0.05, 0) is 32.6 Å². The number of hydrogen-bond acceptors (Lipinski definition) is 4. The second-order valence-electron chi connectivity index (χ2n) is 6.46. The van der Waals surface area contributed by atoms with Gasteiger partial charge in [0.15, 0.2) is 0 Å². The van der Waals surface area contributed by atoms with Crippen molar-refractivity contribution in [3.63, 3.8) is 0 Å². The van der Waals surface area contributed by atoms with Crippen molar-refractivity contribution >= 4 is 11.6 Å². The Labute approximate surface area is 143 Å². The lowest BCUT2D eigenvalue weighted by atomic mass is 9.83. The Morgan fingerprint density at radius 1 is 1.38 bits per heavy atom. The lowest BCUT2D eigenvalue weighted by Crippen LogP contribution is -2.42. The van der Waals surface area contributed by atoms with E-state index >= 15 is 0 Å². The molecule has 0 amide bonds. The molecule has 0 atom stereocenters. The molecule has 2 aromatic heterocycles. The molecule has 0 bridgehead atoms. The summed E-state index contributed by atoms with van der Waals surface area (Å²) in [6.45, 7) is -0.652. The van der Waals surface area contributed by atoms with Crippen LogP contribution in [0.2, 0.25) is 5.15 Å². The number of nitrogens with zero attached hydrogens (tertiary/aromatic N) is 3. The average Bonchev–Trinajstić information content (AvgIpc) is 2.99. The summed E-state index contributed by atoms with van der Waals surface area (Å²) in [7, 11) is 0. The third-order valence-electron chi connectivity index (χ3n) is 4.31. The van der Waals surface area contributed by atoms with Crippen molar-refractivity contribution in [3.8, 4) is 16.9 Å². The highest BCUT2D eigenvalue weighted by molar-refractivity contribution is 6.29. The minimum atomic E-state index is -2.69. The van der Waals surface area contributed by atoms with Gasteiger partial charge in [0, 0.05) is 35.1 Å². The first-order chi connectivity index (χ1) is 11.3. The lowest BCUT2D eigenvalue weighted by molar-refractivity contribution is 0.0566. The van der Waals surface area contributed by atoms with E-state index in [0.29, 0.717) is 21.6 Å². The Hall–Kier alpha value is -1.73. The van der Waals surface area contributed by atoms with E-state index in [1.165, 1.54) is 18.6 Å². The van der Waals surface area contributed by atoms with Crippen LogP contribution in [0.15, 0.2) is 24.7 Å². The summed E-state index contributed by atoms with van der Waals surface area (Å²) in [6.07, 6.45) is 7.57. The van der Waals surface area contributed by atoms with Gasteiger partial charge in [0.2, 0.25) is 0 Å². The Bertz CT molecular complexity index is 710. The molecule has 2 aromatic rings. The maximum atomic E-state index is 12.7. The predicted molar refractivity (Wildman–Crippen MR) is 87.2 cm³/mol. The number of ether oxygens (including phenoxy) is 1. The first kappa shape index (κ1) is 17.1. The van der Waals surface area contributed by atoms with Gasteiger partial charge < -0.3 is 10.5 Å². The van der Waals surface area contributed by atoms with Crippen molar-refractivity contribution in [2.24, 2.45) is 5.73 Å². The second kappa shape index (κ2) is 6.64. The van der Waals surface area contributed by atoms with Crippen LogP contribution in [-0.4, -0.2) is 26.4 Å². The van der Waals surface area contributed by atoms with E-state index in [1.54, 1.807) is 6.07 Å². The fourth-order valence-electron chi connectivity index (χ4n) is 2.86. The molecule has 24 heavy (non-hydrogen) atoms. The molecule has 0 aromatic carbocycles. The van der Waals surface area contributed by atoms with Crippen LogP contribution in [0.3, 0.4) is 0 Å². The fraction of sp³-hybridized carbons (Fsp3) is 0.500. The molecule has 1 fully saturated rings. The normalized spacial score (nSPS) is 24.3. The van der Waals surface area contributed by atoms with Crippen molar-refractivity contribution in [1.82, 2.24) is 14.8 Å². The zero-order chi connectivity index (χ0) is 17.3. The largest absolute Gasteiger partial charge is 0.490 e. The molecule has 0 spiro atoms. The van der Waals surface area contributed by atoms with Crippen molar-refractivity contribution in [1.29, 1.82) is 0 Å². The van der Waals surface area contributed by atoms with E-state index in [1.807, 2.05) is 6.92 Å². The van der Waals surface area contributed by atoms with E-state index in [-0.39, 0.29) is 16.8 Å². The summed E-state index contributed by atoms with van der Waals surface area (Å²) < 4.78 is 32.1. The van der Waals surface area contributed by atoms with Crippen LogP contribution < -0.4 is 10.5 Å². The van der Waals surface area contributed by atoms with E-state index in [4.69, 9.17) is 22.1 Å². The smallest absolute Gasteiger partial charge is 0.333 e. The maximum Gasteiger partial charge on any atom is 0.333 e. The topological polar surface area (TPSA) is 66.0 Å². The number of hydrogen-bond donors (Lipinski definition) is 1. The minimum absolute atomic E-state index is 0.0176. The maximum absolute atomic E-state index is 12.7. The van der Waals surface area contributed by atoms with Gasteiger partial charge in [0.1, 0.15) is 10.9 Å². The highest BCUT2D eigenvalue weighted by atomic mass is 35.5. The van der Waals surface area contributed by atoms with Gasteiger partial charge in [-0.2, -0.15) is 13.9 Å². The summed E-state index contributed by atoms with van der Waals surface area (Å²) in [4.78, 5) is 4.03. The van der Waals surface area contributed by atoms with Crippen LogP contribution >= 0.6 is 11.6 Å². The highest BCUT2D eigenvalue weighted by Crippen LogP contribution is 2.35. The number of rotatable bonds is 4. The van der Waals surface area contributed by atoms with Crippen molar-refractivity contribution in [2.75, 3.05) is 0 Å². The molecule has 3 rings (SSSR count). The highest BCUT2D eigenvalue weighted by Gasteiger charge is 2.29. The van der Waals surface area contributed by atoms with Gasteiger partial charge in [-0.3, -0.25) is 0 Å². The summed E-state index contributed by atoms with van der Waals surface area (Å²) in [5.74, 6) is 0.523. The first-order valence-corrected chi connectivity index (χ1v) is 8.16. The second-order valence-corrected chi connectivity index (χ2v) is 6.85. The zero-order valence-electron chi connectivity index (χ0n) is 13.3. The number of aromatic nitrogens is 3. The summed E-state index contributed by atoms with van der Waals surface area (Å²) in [5.41, 5.74) is 7.08. The Kier molecular flexibility index (Phi) is 4.73. The number of halogens is 3. The SMILES string of the molecule is CC1(N)CCC(Oc2cc(Cl)ncc2-c2cnn(C(F)F)c2)CC1. The fourth-order valence-corrected chi connectivity index (χ4v) is 3.01. The van der Waals surface area contributed by atoms with E-state index in [9.17, 15) is 8.78 Å². The van der Waals surface area contributed by atoms with Crippen LogP contribution in [-0.2, 0) is 0 Å². The Balaban J connectivity index is 1.83. The first-order valence-electron chi connectivity index (χ1n) is 7.78. The third-order valence-corrected chi connectivity index (χ3v) is 4.52. The third kappa shape index (κ3) is 3.84. The molecule has 0 saturated heterocycles. The van der Waals surface area contributed by atoms with Gasteiger partial charge in [-0.15, -0.1) is 0 Å². The summed E-state index contributed by atoms with van der Waals surface area (Å²) in [6, 6.07) is 1.60. The Morgan fingerprint density at radius 2 is 2.08 bits per heavy atom. The molecule has 5 nitrogen and oxygen atoms in total. The summed E-state index contributed by atoms with van der Waals surface area (Å²) in [5, 5.41) is 3.94. The molecular formula is C16H19ClF2N4O. The quantitative estimate of drug-likeness (QED) is 0.840. The Morgan fingerprint density at radius 3 is 2.71 bits per heavy atom.